The van der Waals surface area contributed by atoms with Crippen LogP contribution in [0.15, 0.2) is 42.5 Å². The summed E-state index contributed by atoms with van der Waals surface area (Å²) in [6, 6.07) is 12.0. The molecule has 0 radical (unpaired) electrons. The van der Waals surface area contributed by atoms with Gasteiger partial charge >= 0.3 is 0 Å². The zero-order valence-corrected chi connectivity index (χ0v) is 12.7. The molecule has 0 aromatic heterocycles. The van der Waals surface area contributed by atoms with Crippen LogP contribution < -0.4 is 5.32 Å². The maximum atomic E-state index is 10.7. The first-order valence-corrected chi connectivity index (χ1v) is 7.20. The Kier molecular flexibility index (Phi) is 5.56. The molecule has 21 heavy (non-hydrogen) atoms. The van der Waals surface area contributed by atoms with Crippen LogP contribution in [0.4, 0.5) is 5.69 Å². The Morgan fingerprint density at radius 1 is 1.14 bits per heavy atom. The molecule has 0 aliphatic carbocycles. The molecule has 0 aliphatic rings. The Bertz CT molecular complexity index is 647. The Morgan fingerprint density at radius 2 is 1.95 bits per heavy atom. The van der Waals surface area contributed by atoms with Gasteiger partial charge in [0.25, 0.3) is 5.69 Å². The summed E-state index contributed by atoms with van der Waals surface area (Å²) in [5.41, 5.74) is 2.01. The first-order chi connectivity index (χ1) is 10.1. The molecule has 0 saturated heterocycles. The predicted molar refractivity (Wildman–Crippen MR) is 85.0 cm³/mol. The molecule has 0 atom stereocenters. The van der Waals surface area contributed by atoms with Crippen LogP contribution in [-0.4, -0.2) is 11.5 Å². The molecule has 6 heteroatoms. The third-order valence-corrected chi connectivity index (χ3v) is 3.62. The maximum Gasteiger partial charge on any atom is 0.269 e. The van der Waals surface area contributed by atoms with Crippen molar-refractivity contribution in [3.05, 3.63) is 73.8 Å². The van der Waals surface area contributed by atoms with Gasteiger partial charge in [-0.3, -0.25) is 10.1 Å². The minimum atomic E-state index is -0.392. The van der Waals surface area contributed by atoms with E-state index in [1.54, 1.807) is 18.2 Å². The molecule has 2 rings (SSSR count). The fourth-order valence-electron chi connectivity index (χ4n) is 1.96. The number of rotatable bonds is 6. The Hall–Kier alpha value is -1.62. The summed E-state index contributed by atoms with van der Waals surface area (Å²) < 4.78 is 0. The molecule has 0 aliphatic heterocycles. The minimum Gasteiger partial charge on any atom is -0.312 e. The fourth-order valence-corrected chi connectivity index (χ4v) is 2.46. The minimum absolute atomic E-state index is 0.107. The summed E-state index contributed by atoms with van der Waals surface area (Å²) in [5, 5.41) is 15.2. The van der Waals surface area contributed by atoms with Crippen LogP contribution in [0, 0.1) is 10.1 Å². The lowest BCUT2D eigenvalue weighted by molar-refractivity contribution is -0.384. The number of hydrogen-bond acceptors (Lipinski definition) is 3. The summed E-state index contributed by atoms with van der Waals surface area (Å²) in [6.45, 7) is 1.30. The van der Waals surface area contributed by atoms with Crippen molar-refractivity contribution in [3.63, 3.8) is 0 Å². The largest absolute Gasteiger partial charge is 0.312 e. The van der Waals surface area contributed by atoms with Crippen molar-refractivity contribution in [2.45, 2.75) is 13.0 Å². The number of non-ortho nitro benzene ring substituents is 1. The zero-order valence-electron chi connectivity index (χ0n) is 11.2. The Labute approximate surface area is 132 Å². The smallest absolute Gasteiger partial charge is 0.269 e. The van der Waals surface area contributed by atoms with E-state index in [4.69, 9.17) is 23.2 Å². The number of nitrogens with zero attached hydrogens (tertiary/aromatic N) is 1. The number of benzene rings is 2. The average molecular weight is 325 g/mol. The number of nitro benzene ring substituents is 1. The summed E-state index contributed by atoms with van der Waals surface area (Å²) in [5.74, 6) is 0. The lowest BCUT2D eigenvalue weighted by Gasteiger charge is -2.07. The van der Waals surface area contributed by atoms with Gasteiger partial charge in [-0.25, -0.2) is 0 Å². The van der Waals surface area contributed by atoms with E-state index < -0.39 is 4.92 Å². The highest BCUT2D eigenvalue weighted by Crippen LogP contribution is 2.21. The van der Waals surface area contributed by atoms with E-state index in [9.17, 15) is 10.1 Å². The van der Waals surface area contributed by atoms with E-state index in [0.717, 1.165) is 24.1 Å². The number of nitrogens with one attached hydrogen (secondary N) is 1. The molecular weight excluding hydrogens is 311 g/mol. The predicted octanol–water partition coefficient (Wildman–Crippen LogP) is 4.23. The van der Waals surface area contributed by atoms with Gasteiger partial charge in [0.15, 0.2) is 0 Å². The van der Waals surface area contributed by atoms with Gasteiger partial charge in [-0.2, -0.15) is 0 Å². The van der Waals surface area contributed by atoms with Crippen LogP contribution in [0.5, 0.6) is 0 Å². The third kappa shape index (κ3) is 4.70. The Morgan fingerprint density at radius 3 is 2.67 bits per heavy atom. The number of nitro groups is 1. The van der Waals surface area contributed by atoms with E-state index in [1.807, 2.05) is 18.2 Å². The highest BCUT2D eigenvalue weighted by Gasteiger charge is 2.05. The highest BCUT2D eigenvalue weighted by molar-refractivity contribution is 6.35. The summed E-state index contributed by atoms with van der Waals surface area (Å²) in [7, 11) is 0. The maximum absolute atomic E-state index is 10.7. The second-order valence-electron chi connectivity index (χ2n) is 4.59. The molecular formula is C15H14Cl2N2O2. The van der Waals surface area contributed by atoms with Crippen LogP contribution in [0.1, 0.15) is 11.1 Å². The van der Waals surface area contributed by atoms with Crippen LogP contribution in [0.2, 0.25) is 10.0 Å². The van der Waals surface area contributed by atoms with E-state index in [-0.39, 0.29) is 5.69 Å². The van der Waals surface area contributed by atoms with Crippen molar-refractivity contribution in [3.8, 4) is 0 Å². The first-order valence-electron chi connectivity index (χ1n) is 6.44. The molecule has 0 saturated carbocycles. The van der Waals surface area contributed by atoms with Crippen LogP contribution in [0.25, 0.3) is 0 Å². The van der Waals surface area contributed by atoms with Crippen molar-refractivity contribution in [1.29, 1.82) is 0 Å². The van der Waals surface area contributed by atoms with Crippen LogP contribution in [0.3, 0.4) is 0 Å². The zero-order chi connectivity index (χ0) is 15.2. The molecule has 2 aromatic rings. The Balaban J connectivity index is 1.84. The second-order valence-corrected chi connectivity index (χ2v) is 5.43. The average Bonchev–Trinajstić information content (AvgIpc) is 2.45. The van der Waals surface area contributed by atoms with Gasteiger partial charge in [-0.05, 0) is 36.2 Å². The van der Waals surface area contributed by atoms with E-state index in [2.05, 4.69) is 5.32 Å². The molecule has 2 aromatic carbocycles. The summed E-state index contributed by atoms with van der Waals surface area (Å²) in [4.78, 5) is 10.3. The topological polar surface area (TPSA) is 55.2 Å². The fraction of sp³-hybridized carbons (Fsp3) is 0.200. The lowest BCUT2D eigenvalue weighted by Crippen LogP contribution is -2.16. The summed E-state index contributed by atoms with van der Waals surface area (Å²) >= 11 is 11.9. The summed E-state index contributed by atoms with van der Waals surface area (Å²) in [6.07, 6.45) is 0.769. The molecule has 0 spiro atoms. The van der Waals surface area contributed by atoms with Gasteiger partial charge in [0.05, 0.1) is 4.92 Å². The van der Waals surface area contributed by atoms with Crippen molar-refractivity contribution in [1.82, 2.24) is 5.32 Å². The SMILES string of the molecule is O=[N+]([O-])c1cccc(CNCCc2ccc(Cl)cc2Cl)c1. The number of hydrogen-bond donors (Lipinski definition) is 1. The van der Waals surface area contributed by atoms with E-state index in [0.29, 0.717) is 16.6 Å². The standard InChI is InChI=1S/C15H14Cl2N2O2/c16-13-5-4-12(15(17)9-13)6-7-18-10-11-2-1-3-14(8-11)19(20)21/h1-5,8-9,18H,6-7,10H2. The monoisotopic (exact) mass is 324 g/mol. The second kappa shape index (κ2) is 7.41. The van der Waals surface area contributed by atoms with Gasteiger partial charge < -0.3 is 5.32 Å². The van der Waals surface area contributed by atoms with Crippen molar-refractivity contribution in [2.24, 2.45) is 0 Å². The molecule has 0 unspecified atom stereocenters. The third-order valence-electron chi connectivity index (χ3n) is 3.04. The highest BCUT2D eigenvalue weighted by atomic mass is 35.5. The number of halogens is 2. The van der Waals surface area contributed by atoms with Gasteiger partial charge in [-0.1, -0.05) is 41.4 Å². The van der Waals surface area contributed by atoms with Crippen molar-refractivity contribution < 1.29 is 4.92 Å². The van der Waals surface area contributed by atoms with E-state index >= 15 is 0 Å². The molecule has 110 valence electrons. The van der Waals surface area contributed by atoms with Crippen molar-refractivity contribution >= 4 is 28.9 Å². The van der Waals surface area contributed by atoms with Gasteiger partial charge in [-0.15, -0.1) is 0 Å². The lowest BCUT2D eigenvalue weighted by atomic mass is 10.1. The van der Waals surface area contributed by atoms with E-state index in [1.165, 1.54) is 6.07 Å². The molecule has 0 heterocycles. The van der Waals surface area contributed by atoms with Gasteiger partial charge in [0, 0.05) is 28.7 Å². The normalized spacial score (nSPS) is 10.6. The first kappa shape index (κ1) is 15.8. The molecule has 0 bridgehead atoms. The van der Waals surface area contributed by atoms with Crippen molar-refractivity contribution in [2.75, 3.05) is 6.54 Å². The van der Waals surface area contributed by atoms with Gasteiger partial charge in [0.2, 0.25) is 0 Å². The molecule has 0 fully saturated rings. The quantitative estimate of drug-likeness (QED) is 0.491. The molecule has 0 amide bonds. The van der Waals surface area contributed by atoms with Crippen LogP contribution in [-0.2, 0) is 13.0 Å². The molecule has 1 N–H and O–H groups in total. The van der Waals surface area contributed by atoms with Gasteiger partial charge in [0.1, 0.15) is 0 Å². The molecule has 4 nitrogen and oxygen atoms in total. The van der Waals surface area contributed by atoms with Crippen LogP contribution >= 0.6 is 23.2 Å².